The Hall–Kier alpha value is -0.690. The van der Waals surface area contributed by atoms with Crippen LogP contribution in [0.5, 0.6) is 0 Å². The highest BCUT2D eigenvalue weighted by Gasteiger charge is 2.03. The van der Waals surface area contributed by atoms with Crippen molar-refractivity contribution in [1.82, 2.24) is 0 Å². The van der Waals surface area contributed by atoms with Crippen LogP contribution in [0.1, 0.15) is 6.92 Å². The second-order valence-electron chi connectivity index (χ2n) is 2.12. The summed E-state index contributed by atoms with van der Waals surface area (Å²) in [6.45, 7) is 1.82. The molecule has 62 valence electrons. The molecule has 0 aliphatic rings. The van der Waals surface area contributed by atoms with Crippen LogP contribution < -0.4 is 0 Å². The van der Waals surface area contributed by atoms with Crippen LogP contribution in [0.25, 0.3) is 0 Å². The van der Waals surface area contributed by atoms with Gasteiger partial charge in [-0.1, -0.05) is 0 Å². The van der Waals surface area contributed by atoms with Crippen LogP contribution in [-0.4, -0.2) is 24.6 Å². The first kappa shape index (κ1) is 10.3. The first-order valence-corrected chi connectivity index (χ1v) is 4.40. The molecule has 0 amide bonds. The minimum atomic E-state index is -0.236. The van der Waals surface area contributed by atoms with E-state index in [1.165, 1.54) is 18.9 Å². The molecule has 0 heterocycles. The minimum absolute atomic E-state index is 0.00431. The van der Waals surface area contributed by atoms with Gasteiger partial charge >= 0.3 is 5.97 Å². The topological polar surface area (TPSA) is 50.1 Å². The zero-order chi connectivity index (χ0) is 8.69. The number of ether oxygens (including phenoxy) is 1. The van der Waals surface area contributed by atoms with Crippen molar-refractivity contribution >= 4 is 17.7 Å². The van der Waals surface area contributed by atoms with Gasteiger partial charge in [0, 0.05) is 5.75 Å². The van der Waals surface area contributed by atoms with Crippen molar-refractivity contribution in [2.75, 3.05) is 18.6 Å². The molecule has 11 heavy (non-hydrogen) atoms. The first-order chi connectivity index (χ1) is 5.20. The quantitative estimate of drug-likeness (QED) is 0.596. The van der Waals surface area contributed by atoms with E-state index in [4.69, 9.17) is 5.26 Å². The third kappa shape index (κ3) is 5.74. The van der Waals surface area contributed by atoms with E-state index in [1.54, 1.807) is 0 Å². The molecule has 0 aromatic carbocycles. The number of hydrogen-bond acceptors (Lipinski definition) is 4. The SMILES string of the molecule is COC(=O)CSCC(C)C#N. The van der Waals surface area contributed by atoms with Crippen LogP contribution in [0.2, 0.25) is 0 Å². The van der Waals surface area contributed by atoms with Crippen molar-refractivity contribution in [3.05, 3.63) is 0 Å². The van der Waals surface area contributed by atoms with E-state index in [-0.39, 0.29) is 11.9 Å². The van der Waals surface area contributed by atoms with Crippen molar-refractivity contribution < 1.29 is 9.53 Å². The molecule has 0 saturated heterocycles. The Bertz CT molecular complexity index is 164. The smallest absolute Gasteiger partial charge is 0.315 e. The maximum Gasteiger partial charge on any atom is 0.315 e. The highest BCUT2D eigenvalue weighted by Crippen LogP contribution is 2.06. The van der Waals surface area contributed by atoms with Crippen molar-refractivity contribution in [3.63, 3.8) is 0 Å². The summed E-state index contributed by atoms with van der Waals surface area (Å²) in [7, 11) is 1.36. The minimum Gasteiger partial charge on any atom is -0.468 e. The number of hydrogen-bond donors (Lipinski definition) is 0. The second-order valence-corrected chi connectivity index (χ2v) is 3.15. The van der Waals surface area contributed by atoms with Crippen LogP contribution in [0.3, 0.4) is 0 Å². The van der Waals surface area contributed by atoms with E-state index in [1.807, 2.05) is 6.92 Å². The Morgan fingerprint density at radius 2 is 2.45 bits per heavy atom. The number of nitrogens with zero attached hydrogens (tertiary/aromatic N) is 1. The molecular formula is C7H11NO2S. The number of methoxy groups -OCH3 is 1. The standard InChI is InChI=1S/C7H11NO2S/c1-6(3-8)4-11-5-7(9)10-2/h6H,4-5H2,1-2H3. The third-order valence-electron chi connectivity index (χ3n) is 1.04. The molecule has 0 aliphatic heterocycles. The highest BCUT2D eigenvalue weighted by atomic mass is 32.2. The van der Waals surface area contributed by atoms with Gasteiger partial charge in [-0.05, 0) is 6.92 Å². The van der Waals surface area contributed by atoms with Gasteiger partial charge in [-0.2, -0.15) is 5.26 Å². The fourth-order valence-electron chi connectivity index (χ4n) is 0.415. The molecule has 0 bridgehead atoms. The van der Waals surface area contributed by atoms with Gasteiger partial charge < -0.3 is 4.74 Å². The zero-order valence-electron chi connectivity index (χ0n) is 6.66. The molecule has 0 radical (unpaired) electrons. The van der Waals surface area contributed by atoms with Gasteiger partial charge in [0.1, 0.15) is 0 Å². The molecule has 3 nitrogen and oxygen atoms in total. The average molecular weight is 173 g/mol. The van der Waals surface area contributed by atoms with Crippen molar-refractivity contribution in [3.8, 4) is 6.07 Å². The maximum atomic E-state index is 10.6. The summed E-state index contributed by atoms with van der Waals surface area (Å²) in [6, 6.07) is 2.08. The molecule has 0 fully saturated rings. The number of carbonyl (C=O) groups is 1. The van der Waals surface area contributed by atoms with Gasteiger partial charge in [0.2, 0.25) is 0 Å². The van der Waals surface area contributed by atoms with Gasteiger partial charge in [-0.3, -0.25) is 4.79 Å². The maximum absolute atomic E-state index is 10.6. The summed E-state index contributed by atoms with van der Waals surface area (Å²) >= 11 is 1.42. The third-order valence-corrected chi connectivity index (χ3v) is 2.21. The van der Waals surface area contributed by atoms with Crippen LogP contribution in [0.15, 0.2) is 0 Å². The van der Waals surface area contributed by atoms with Gasteiger partial charge in [-0.25, -0.2) is 0 Å². The van der Waals surface area contributed by atoms with Crippen molar-refractivity contribution in [2.45, 2.75) is 6.92 Å². The van der Waals surface area contributed by atoms with E-state index in [0.717, 1.165) is 0 Å². The predicted octanol–water partition coefficient (Wildman–Crippen LogP) is 1.05. The molecular weight excluding hydrogens is 162 g/mol. The van der Waals surface area contributed by atoms with E-state index < -0.39 is 0 Å². The van der Waals surface area contributed by atoms with E-state index >= 15 is 0 Å². The molecule has 1 unspecified atom stereocenters. The molecule has 0 aromatic rings. The average Bonchev–Trinajstić information content (AvgIpc) is 2.04. The lowest BCUT2D eigenvalue weighted by Gasteiger charge is -2.00. The van der Waals surface area contributed by atoms with E-state index in [0.29, 0.717) is 11.5 Å². The van der Waals surface area contributed by atoms with E-state index in [2.05, 4.69) is 10.8 Å². The monoisotopic (exact) mass is 173 g/mol. The Morgan fingerprint density at radius 3 is 2.91 bits per heavy atom. The Kier molecular flexibility index (Phi) is 5.67. The summed E-state index contributed by atoms with van der Waals surface area (Å²) in [5.41, 5.74) is 0. The molecule has 0 saturated carbocycles. The Labute approximate surface area is 70.7 Å². The number of nitriles is 1. The van der Waals surface area contributed by atoms with Crippen molar-refractivity contribution in [2.24, 2.45) is 5.92 Å². The highest BCUT2D eigenvalue weighted by molar-refractivity contribution is 7.99. The molecule has 0 aliphatic carbocycles. The lowest BCUT2D eigenvalue weighted by molar-refractivity contribution is -0.137. The number of rotatable bonds is 4. The number of thioether (sulfide) groups is 1. The predicted molar refractivity (Wildman–Crippen MR) is 44.1 cm³/mol. The largest absolute Gasteiger partial charge is 0.468 e. The normalized spacial score (nSPS) is 11.7. The lowest BCUT2D eigenvalue weighted by atomic mass is 10.3. The summed E-state index contributed by atoms with van der Waals surface area (Å²) in [4.78, 5) is 10.6. The van der Waals surface area contributed by atoms with Crippen LogP contribution in [0, 0.1) is 17.2 Å². The fraction of sp³-hybridized carbons (Fsp3) is 0.714. The van der Waals surface area contributed by atoms with Crippen LogP contribution >= 0.6 is 11.8 Å². The summed E-state index contributed by atoms with van der Waals surface area (Å²) in [5, 5.41) is 8.38. The van der Waals surface area contributed by atoms with Crippen LogP contribution in [0.4, 0.5) is 0 Å². The molecule has 4 heteroatoms. The first-order valence-electron chi connectivity index (χ1n) is 3.25. The number of esters is 1. The Morgan fingerprint density at radius 1 is 1.82 bits per heavy atom. The molecule has 0 rings (SSSR count). The number of carbonyl (C=O) groups excluding carboxylic acids is 1. The van der Waals surface area contributed by atoms with Gasteiger partial charge in [-0.15, -0.1) is 11.8 Å². The lowest BCUT2D eigenvalue weighted by Crippen LogP contribution is -2.05. The van der Waals surface area contributed by atoms with Gasteiger partial charge in [0.05, 0.1) is 24.8 Å². The molecule has 0 spiro atoms. The second kappa shape index (κ2) is 6.05. The summed E-state index contributed by atoms with van der Waals surface area (Å²) in [6.07, 6.45) is 0. The fourth-order valence-corrected chi connectivity index (χ4v) is 1.25. The van der Waals surface area contributed by atoms with Crippen LogP contribution in [-0.2, 0) is 9.53 Å². The summed E-state index contributed by atoms with van der Waals surface area (Å²) < 4.78 is 4.42. The molecule has 1 atom stereocenters. The molecule has 0 N–H and O–H groups in total. The van der Waals surface area contributed by atoms with Crippen molar-refractivity contribution in [1.29, 1.82) is 5.26 Å². The molecule has 0 aromatic heterocycles. The van der Waals surface area contributed by atoms with Gasteiger partial charge in [0.25, 0.3) is 0 Å². The van der Waals surface area contributed by atoms with E-state index in [9.17, 15) is 4.79 Å². The summed E-state index contributed by atoms with van der Waals surface area (Å²) in [5.74, 6) is 0.790. The zero-order valence-corrected chi connectivity index (χ0v) is 7.48. The Balaban J connectivity index is 3.29. The van der Waals surface area contributed by atoms with Gasteiger partial charge in [0.15, 0.2) is 0 Å².